The van der Waals surface area contributed by atoms with Crippen LogP contribution in [-0.2, 0) is 6.54 Å². The summed E-state index contributed by atoms with van der Waals surface area (Å²) in [6.07, 6.45) is 5.84. The number of benzene rings is 1. The van der Waals surface area contributed by atoms with Gasteiger partial charge in [-0.2, -0.15) is 16.9 Å². The maximum atomic E-state index is 5.18. The van der Waals surface area contributed by atoms with Gasteiger partial charge in [-0.1, -0.05) is 0 Å². The third kappa shape index (κ3) is 6.26. The van der Waals surface area contributed by atoms with Crippen LogP contribution < -0.4 is 15.4 Å². The molecule has 1 aliphatic carbocycles. The van der Waals surface area contributed by atoms with Crippen LogP contribution in [0.25, 0.3) is 11.4 Å². The Labute approximate surface area is 187 Å². The minimum absolute atomic E-state index is 0. The first-order valence-electron chi connectivity index (χ1n) is 9.35. The van der Waals surface area contributed by atoms with Gasteiger partial charge in [-0.3, -0.25) is 5.10 Å². The molecule has 1 fully saturated rings. The molecule has 1 aromatic carbocycles. The summed E-state index contributed by atoms with van der Waals surface area (Å²) in [5.74, 6) is 3.06. The Morgan fingerprint density at radius 3 is 2.75 bits per heavy atom. The second kappa shape index (κ2) is 11.5. The molecule has 0 bridgehead atoms. The van der Waals surface area contributed by atoms with Crippen molar-refractivity contribution in [3.63, 3.8) is 0 Å². The Morgan fingerprint density at radius 1 is 1.32 bits per heavy atom. The third-order valence-corrected chi connectivity index (χ3v) is 5.76. The summed E-state index contributed by atoms with van der Waals surface area (Å²) in [7, 11) is 1.65. The van der Waals surface area contributed by atoms with Crippen LogP contribution in [0.4, 0.5) is 0 Å². The topological polar surface area (TPSA) is 87.2 Å². The molecule has 3 rings (SSSR count). The molecular formula is C19H29IN6OS. The van der Waals surface area contributed by atoms with Crippen LogP contribution in [0.5, 0.6) is 5.75 Å². The Kier molecular flexibility index (Phi) is 9.36. The number of ether oxygens (including phenoxy) is 1. The molecule has 1 aromatic heterocycles. The number of H-pyrrole nitrogens is 1. The molecule has 9 heteroatoms. The highest BCUT2D eigenvalue weighted by Gasteiger charge is 2.24. The lowest BCUT2D eigenvalue weighted by Crippen LogP contribution is -2.42. The molecule has 2 aromatic rings. The lowest BCUT2D eigenvalue weighted by atomic mass is 10.2. The second-order valence-corrected chi connectivity index (χ2v) is 7.68. The van der Waals surface area contributed by atoms with Crippen LogP contribution in [-0.4, -0.2) is 52.3 Å². The SMILES string of the molecule is CCNC(=NCc1nc(-c2ccc(OC)cc2)n[nH]1)NC1CCC(SC)C1.I. The van der Waals surface area contributed by atoms with Crippen molar-refractivity contribution >= 4 is 41.7 Å². The number of methoxy groups -OCH3 is 1. The lowest BCUT2D eigenvalue weighted by Gasteiger charge is -2.17. The summed E-state index contributed by atoms with van der Waals surface area (Å²) in [6.45, 7) is 3.36. The highest BCUT2D eigenvalue weighted by Crippen LogP contribution is 2.28. The van der Waals surface area contributed by atoms with Crippen molar-refractivity contribution in [1.29, 1.82) is 0 Å². The van der Waals surface area contributed by atoms with Gasteiger partial charge in [0.15, 0.2) is 11.8 Å². The summed E-state index contributed by atoms with van der Waals surface area (Å²) in [5, 5.41) is 14.9. The minimum atomic E-state index is 0. The normalized spacial score (nSPS) is 19.2. The zero-order valence-electron chi connectivity index (χ0n) is 16.6. The van der Waals surface area contributed by atoms with Crippen molar-refractivity contribution in [3.05, 3.63) is 30.1 Å². The molecule has 2 unspecified atom stereocenters. The summed E-state index contributed by atoms with van der Waals surface area (Å²) in [4.78, 5) is 9.22. The first kappa shape index (κ1) is 22.8. The van der Waals surface area contributed by atoms with Crippen molar-refractivity contribution in [2.24, 2.45) is 4.99 Å². The lowest BCUT2D eigenvalue weighted by molar-refractivity contribution is 0.415. The zero-order chi connectivity index (χ0) is 19.1. The van der Waals surface area contributed by atoms with Crippen LogP contribution in [0.15, 0.2) is 29.3 Å². The molecule has 1 saturated carbocycles. The van der Waals surface area contributed by atoms with Crippen molar-refractivity contribution in [1.82, 2.24) is 25.8 Å². The van der Waals surface area contributed by atoms with Crippen LogP contribution >= 0.6 is 35.7 Å². The number of aromatic nitrogens is 3. The van der Waals surface area contributed by atoms with Crippen LogP contribution in [0, 0.1) is 0 Å². The Balaban J connectivity index is 0.00000280. The van der Waals surface area contributed by atoms with Gasteiger partial charge in [-0.05, 0) is 56.7 Å². The fourth-order valence-electron chi connectivity index (χ4n) is 3.19. The molecule has 0 saturated heterocycles. The molecular weight excluding hydrogens is 487 g/mol. The number of aromatic amines is 1. The van der Waals surface area contributed by atoms with E-state index in [0.717, 1.165) is 34.9 Å². The van der Waals surface area contributed by atoms with Gasteiger partial charge in [0, 0.05) is 23.4 Å². The molecule has 1 aliphatic rings. The standard InChI is InChI=1S/C19H28N6OS.HI/c1-4-20-19(22-14-7-10-16(11-14)27-3)21-12-17-23-18(25-24-17)13-5-8-15(26-2)9-6-13;/h5-6,8-9,14,16H,4,7,10-12H2,1-3H3,(H2,20,21,22)(H,23,24,25);1H. The largest absolute Gasteiger partial charge is 0.497 e. The number of thioether (sulfide) groups is 1. The minimum Gasteiger partial charge on any atom is -0.497 e. The number of aliphatic imine (C=N–C) groups is 1. The van der Waals surface area contributed by atoms with Crippen LogP contribution in [0.3, 0.4) is 0 Å². The van der Waals surface area contributed by atoms with Gasteiger partial charge in [0.1, 0.15) is 18.1 Å². The van der Waals surface area contributed by atoms with E-state index in [2.05, 4.69) is 44.0 Å². The van der Waals surface area contributed by atoms with E-state index in [1.807, 2.05) is 36.0 Å². The summed E-state index contributed by atoms with van der Waals surface area (Å²) < 4.78 is 5.18. The number of nitrogens with one attached hydrogen (secondary N) is 3. The summed E-state index contributed by atoms with van der Waals surface area (Å²) in [6, 6.07) is 8.19. The zero-order valence-corrected chi connectivity index (χ0v) is 19.7. The molecule has 154 valence electrons. The molecule has 1 heterocycles. The number of guanidine groups is 1. The molecule has 7 nitrogen and oxygen atoms in total. The maximum Gasteiger partial charge on any atom is 0.191 e. The van der Waals surface area contributed by atoms with Crippen LogP contribution in [0.1, 0.15) is 32.0 Å². The quantitative estimate of drug-likeness (QED) is 0.297. The Morgan fingerprint density at radius 2 is 2.11 bits per heavy atom. The molecule has 28 heavy (non-hydrogen) atoms. The average Bonchev–Trinajstić information content (AvgIpc) is 3.36. The molecule has 0 aliphatic heterocycles. The monoisotopic (exact) mass is 516 g/mol. The van der Waals surface area contributed by atoms with Gasteiger partial charge in [0.2, 0.25) is 0 Å². The van der Waals surface area contributed by atoms with E-state index in [-0.39, 0.29) is 24.0 Å². The maximum absolute atomic E-state index is 5.18. The Hall–Kier alpha value is -1.49. The first-order chi connectivity index (χ1) is 13.2. The molecule has 0 spiro atoms. The van der Waals surface area contributed by atoms with E-state index in [4.69, 9.17) is 4.74 Å². The van der Waals surface area contributed by atoms with E-state index in [1.165, 1.54) is 19.3 Å². The fraction of sp³-hybridized carbons (Fsp3) is 0.526. The fourth-order valence-corrected chi connectivity index (χ4v) is 3.98. The highest BCUT2D eigenvalue weighted by atomic mass is 127. The van der Waals surface area contributed by atoms with Crippen molar-refractivity contribution in [3.8, 4) is 17.1 Å². The van der Waals surface area contributed by atoms with Gasteiger partial charge in [0.05, 0.1) is 7.11 Å². The predicted molar refractivity (Wildman–Crippen MR) is 127 cm³/mol. The second-order valence-electron chi connectivity index (χ2n) is 6.54. The summed E-state index contributed by atoms with van der Waals surface area (Å²) >= 11 is 1.96. The number of hydrogen-bond acceptors (Lipinski definition) is 5. The van der Waals surface area contributed by atoms with Gasteiger partial charge >= 0.3 is 0 Å². The smallest absolute Gasteiger partial charge is 0.191 e. The summed E-state index contributed by atoms with van der Waals surface area (Å²) in [5.41, 5.74) is 0.946. The average molecular weight is 516 g/mol. The van der Waals surface area contributed by atoms with Gasteiger partial charge in [-0.15, -0.1) is 24.0 Å². The van der Waals surface area contributed by atoms with Crippen molar-refractivity contribution in [2.75, 3.05) is 19.9 Å². The van der Waals surface area contributed by atoms with Crippen molar-refractivity contribution in [2.45, 2.75) is 44.0 Å². The van der Waals surface area contributed by atoms with E-state index in [9.17, 15) is 0 Å². The van der Waals surface area contributed by atoms with Gasteiger partial charge in [0.25, 0.3) is 0 Å². The van der Waals surface area contributed by atoms with E-state index in [1.54, 1.807) is 7.11 Å². The van der Waals surface area contributed by atoms with Gasteiger partial charge < -0.3 is 15.4 Å². The van der Waals surface area contributed by atoms with Crippen molar-refractivity contribution < 1.29 is 4.74 Å². The Bertz CT molecular complexity index is 751. The molecule has 0 radical (unpaired) electrons. The number of nitrogens with zero attached hydrogens (tertiary/aromatic N) is 3. The van der Waals surface area contributed by atoms with E-state index < -0.39 is 0 Å². The van der Waals surface area contributed by atoms with Gasteiger partial charge in [-0.25, -0.2) is 9.98 Å². The molecule has 3 N–H and O–H groups in total. The highest BCUT2D eigenvalue weighted by molar-refractivity contribution is 14.0. The predicted octanol–water partition coefficient (Wildman–Crippen LogP) is 3.44. The number of rotatable bonds is 7. The number of hydrogen-bond donors (Lipinski definition) is 3. The number of halogens is 1. The van der Waals surface area contributed by atoms with E-state index in [0.29, 0.717) is 18.4 Å². The van der Waals surface area contributed by atoms with E-state index >= 15 is 0 Å². The molecule has 0 amide bonds. The van der Waals surface area contributed by atoms with Crippen LogP contribution in [0.2, 0.25) is 0 Å². The first-order valence-corrected chi connectivity index (χ1v) is 10.6. The molecule has 2 atom stereocenters. The third-order valence-electron chi connectivity index (χ3n) is 4.67.